The third-order valence-electron chi connectivity index (χ3n) is 2.52. The van der Waals surface area contributed by atoms with E-state index in [9.17, 15) is 4.79 Å². The maximum atomic E-state index is 10.3. The van der Waals surface area contributed by atoms with Crippen molar-refractivity contribution in [2.24, 2.45) is 0 Å². The van der Waals surface area contributed by atoms with Gasteiger partial charge in [0.15, 0.2) is 11.5 Å². The summed E-state index contributed by atoms with van der Waals surface area (Å²) in [6.07, 6.45) is 1.54. The Balaban J connectivity index is 1.86. The molecule has 0 saturated carbocycles. The molecule has 1 aromatic carbocycles. The molecule has 18 heavy (non-hydrogen) atoms. The summed E-state index contributed by atoms with van der Waals surface area (Å²) >= 11 is 0. The first-order valence-corrected chi connectivity index (χ1v) is 5.87. The van der Waals surface area contributed by atoms with Crippen molar-refractivity contribution in [2.45, 2.75) is 26.2 Å². The lowest BCUT2D eigenvalue weighted by Gasteiger charge is -2.04. The molecule has 1 N–H and O–H groups in total. The molecule has 0 spiro atoms. The molecule has 0 bridgehead atoms. The quantitative estimate of drug-likeness (QED) is 0.797. The van der Waals surface area contributed by atoms with Crippen LogP contribution in [0.4, 0.5) is 0 Å². The van der Waals surface area contributed by atoms with Crippen molar-refractivity contribution >= 4 is 17.1 Å². The van der Waals surface area contributed by atoms with Gasteiger partial charge in [0.1, 0.15) is 11.3 Å². The molecule has 0 fully saturated rings. The van der Waals surface area contributed by atoms with E-state index < -0.39 is 5.97 Å². The Hall–Kier alpha value is -2.04. The molecule has 0 aliphatic heterocycles. The minimum absolute atomic E-state index is 0.185. The van der Waals surface area contributed by atoms with Crippen LogP contribution in [-0.4, -0.2) is 22.7 Å². The maximum Gasteiger partial charge on any atom is 0.303 e. The third-order valence-corrected chi connectivity index (χ3v) is 2.52. The van der Waals surface area contributed by atoms with E-state index in [1.54, 1.807) is 6.92 Å². The van der Waals surface area contributed by atoms with E-state index >= 15 is 0 Å². The van der Waals surface area contributed by atoms with Crippen LogP contribution in [-0.2, 0) is 4.79 Å². The number of hydrogen-bond acceptors (Lipinski definition) is 4. The lowest BCUT2D eigenvalue weighted by atomic mass is 10.2. The van der Waals surface area contributed by atoms with Crippen molar-refractivity contribution < 1.29 is 19.1 Å². The van der Waals surface area contributed by atoms with Gasteiger partial charge in [-0.05, 0) is 25.0 Å². The van der Waals surface area contributed by atoms with Crippen LogP contribution in [0.25, 0.3) is 11.1 Å². The van der Waals surface area contributed by atoms with E-state index in [0.717, 1.165) is 23.3 Å². The molecule has 1 heterocycles. The van der Waals surface area contributed by atoms with E-state index in [1.165, 1.54) is 0 Å². The largest absolute Gasteiger partial charge is 0.494 e. The summed E-state index contributed by atoms with van der Waals surface area (Å²) in [4.78, 5) is 14.5. The maximum absolute atomic E-state index is 10.3. The number of fused-ring (bicyclic) bond motifs is 1. The summed E-state index contributed by atoms with van der Waals surface area (Å²) in [6, 6.07) is 5.47. The lowest BCUT2D eigenvalue weighted by Crippen LogP contribution is -2.00. The van der Waals surface area contributed by atoms with Crippen molar-refractivity contribution in [1.29, 1.82) is 0 Å². The molecular formula is C13H15NO4. The van der Waals surface area contributed by atoms with Gasteiger partial charge in [-0.1, -0.05) is 0 Å². The van der Waals surface area contributed by atoms with Crippen LogP contribution < -0.4 is 4.74 Å². The van der Waals surface area contributed by atoms with Gasteiger partial charge in [-0.25, -0.2) is 4.98 Å². The Morgan fingerprint density at radius 3 is 3.06 bits per heavy atom. The van der Waals surface area contributed by atoms with Crippen molar-refractivity contribution in [3.05, 3.63) is 24.1 Å². The average Bonchev–Trinajstić information content (AvgIpc) is 2.67. The molecule has 0 radical (unpaired) electrons. The van der Waals surface area contributed by atoms with E-state index in [0.29, 0.717) is 18.9 Å². The molecule has 2 rings (SSSR count). The molecule has 2 aromatic rings. The Bertz CT molecular complexity index is 547. The summed E-state index contributed by atoms with van der Waals surface area (Å²) in [5, 5.41) is 8.49. The monoisotopic (exact) mass is 249 g/mol. The summed E-state index contributed by atoms with van der Waals surface area (Å²) < 4.78 is 10.9. The minimum Gasteiger partial charge on any atom is -0.494 e. The number of carboxylic acid groups (broad SMARTS) is 1. The second-order valence-corrected chi connectivity index (χ2v) is 4.06. The third kappa shape index (κ3) is 3.23. The predicted octanol–water partition coefficient (Wildman–Crippen LogP) is 2.77. The van der Waals surface area contributed by atoms with Gasteiger partial charge in [0, 0.05) is 19.4 Å². The molecule has 0 unspecified atom stereocenters. The highest BCUT2D eigenvalue weighted by Gasteiger charge is 2.04. The van der Waals surface area contributed by atoms with Gasteiger partial charge in [-0.15, -0.1) is 0 Å². The zero-order valence-electron chi connectivity index (χ0n) is 10.2. The number of aromatic nitrogens is 1. The standard InChI is InChI=1S/C13H15NO4/c1-9-14-11-8-10(5-6-12(11)18-9)17-7-3-2-4-13(15)16/h5-6,8H,2-4,7H2,1H3,(H,15,16). The van der Waals surface area contributed by atoms with Gasteiger partial charge in [0.2, 0.25) is 0 Å². The van der Waals surface area contributed by atoms with Gasteiger partial charge in [0.25, 0.3) is 0 Å². The Morgan fingerprint density at radius 1 is 1.44 bits per heavy atom. The summed E-state index contributed by atoms with van der Waals surface area (Å²) in [6.45, 7) is 2.31. The number of aliphatic carboxylic acids is 1. The molecule has 0 amide bonds. The van der Waals surface area contributed by atoms with E-state index in [4.69, 9.17) is 14.3 Å². The Kier molecular flexibility index (Phi) is 3.82. The molecule has 0 atom stereocenters. The van der Waals surface area contributed by atoms with Crippen LogP contribution in [0.3, 0.4) is 0 Å². The fourth-order valence-corrected chi connectivity index (χ4v) is 1.68. The van der Waals surface area contributed by atoms with Gasteiger partial charge in [-0.3, -0.25) is 4.79 Å². The molecular weight excluding hydrogens is 234 g/mol. The molecule has 0 aliphatic carbocycles. The summed E-state index contributed by atoms with van der Waals surface area (Å²) in [5.74, 6) is 0.587. The Morgan fingerprint density at radius 2 is 2.28 bits per heavy atom. The fourth-order valence-electron chi connectivity index (χ4n) is 1.68. The molecule has 5 heteroatoms. The van der Waals surface area contributed by atoms with Crippen molar-refractivity contribution in [1.82, 2.24) is 4.98 Å². The molecule has 96 valence electrons. The number of carbonyl (C=O) groups is 1. The number of hydrogen-bond donors (Lipinski definition) is 1. The normalized spacial score (nSPS) is 10.7. The Labute approximate surface area is 104 Å². The van der Waals surface area contributed by atoms with Crippen molar-refractivity contribution in [3.8, 4) is 5.75 Å². The van der Waals surface area contributed by atoms with Crippen LogP contribution in [0.15, 0.2) is 22.6 Å². The highest BCUT2D eigenvalue weighted by molar-refractivity contribution is 5.74. The first kappa shape index (κ1) is 12.4. The number of unbranched alkanes of at least 4 members (excludes halogenated alkanes) is 1. The van der Waals surface area contributed by atoms with Crippen LogP contribution in [0.5, 0.6) is 5.75 Å². The molecule has 0 aliphatic rings. The number of aryl methyl sites for hydroxylation is 1. The highest BCUT2D eigenvalue weighted by Crippen LogP contribution is 2.21. The molecule has 1 aromatic heterocycles. The summed E-state index contributed by atoms with van der Waals surface area (Å²) in [5.41, 5.74) is 1.52. The smallest absolute Gasteiger partial charge is 0.303 e. The summed E-state index contributed by atoms with van der Waals surface area (Å²) in [7, 11) is 0. The van der Waals surface area contributed by atoms with Crippen molar-refractivity contribution in [3.63, 3.8) is 0 Å². The fraction of sp³-hybridized carbons (Fsp3) is 0.385. The molecule has 0 saturated heterocycles. The van der Waals surface area contributed by atoms with Crippen LogP contribution in [0.1, 0.15) is 25.2 Å². The van der Waals surface area contributed by atoms with Gasteiger partial charge >= 0.3 is 5.97 Å². The predicted molar refractivity (Wildman–Crippen MR) is 65.7 cm³/mol. The number of benzene rings is 1. The number of ether oxygens (including phenoxy) is 1. The van der Waals surface area contributed by atoms with Gasteiger partial charge in [0.05, 0.1) is 6.61 Å². The number of rotatable bonds is 6. The zero-order chi connectivity index (χ0) is 13.0. The first-order chi connectivity index (χ1) is 8.65. The first-order valence-electron chi connectivity index (χ1n) is 5.87. The zero-order valence-corrected chi connectivity index (χ0v) is 10.2. The van der Waals surface area contributed by atoms with E-state index in [-0.39, 0.29) is 6.42 Å². The second-order valence-electron chi connectivity index (χ2n) is 4.06. The van der Waals surface area contributed by atoms with Crippen molar-refractivity contribution in [2.75, 3.05) is 6.61 Å². The van der Waals surface area contributed by atoms with Crippen LogP contribution in [0, 0.1) is 6.92 Å². The van der Waals surface area contributed by atoms with Crippen LogP contribution >= 0.6 is 0 Å². The topological polar surface area (TPSA) is 72.6 Å². The second kappa shape index (κ2) is 5.53. The van der Waals surface area contributed by atoms with Crippen LogP contribution in [0.2, 0.25) is 0 Å². The van der Waals surface area contributed by atoms with E-state index in [2.05, 4.69) is 4.98 Å². The van der Waals surface area contributed by atoms with Gasteiger partial charge < -0.3 is 14.3 Å². The number of carboxylic acids is 1. The molecule has 5 nitrogen and oxygen atoms in total. The minimum atomic E-state index is -0.769. The SMILES string of the molecule is Cc1nc2cc(OCCCCC(=O)O)ccc2o1. The number of nitrogens with zero attached hydrogens (tertiary/aromatic N) is 1. The van der Waals surface area contributed by atoms with E-state index in [1.807, 2.05) is 18.2 Å². The average molecular weight is 249 g/mol. The lowest BCUT2D eigenvalue weighted by molar-refractivity contribution is -0.137. The number of oxazole rings is 1. The van der Waals surface area contributed by atoms with Gasteiger partial charge in [-0.2, -0.15) is 0 Å². The highest BCUT2D eigenvalue weighted by atomic mass is 16.5.